The molecule has 9 rings (SSSR count). The van der Waals surface area contributed by atoms with Gasteiger partial charge in [-0.1, -0.05) is 139 Å². The number of aryl methyl sites for hydroxylation is 2. The van der Waals surface area contributed by atoms with Crippen LogP contribution in [0.5, 0.6) is 0 Å². The molecular formula is C52H63N. The van der Waals surface area contributed by atoms with Gasteiger partial charge in [0.25, 0.3) is 0 Å². The van der Waals surface area contributed by atoms with E-state index in [1.165, 1.54) is 115 Å². The molecule has 3 fully saturated rings. The Balaban J connectivity index is 1.06. The number of benzene rings is 4. The van der Waals surface area contributed by atoms with Crippen LogP contribution in [0.25, 0.3) is 32.9 Å². The van der Waals surface area contributed by atoms with Gasteiger partial charge in [0, 0.05) is 10.9 Å². The minimum Gasteiger partial charge on any atom is -0.247 e. The highest BCUT2D eigenvalue weighted by Crippen LogP contribution is 2.68. The van der Waals surface area contributed by atoms with E-state index < -0.39 is 0 Å². The van der Waals surface area contributed by atoms with E-state index in [-0.39, 0.29) is 0 Å². The van der Waals surface area contributed by atoms with Crippen LogP contribution >= 0.6 is 0 Å². The Morgan fingerprint density at radius 1 is 0.679 bits per heavy atom. The van der Waals surface area contributed by atoms with Crippen molar-refractivity contribution < 1.29 is 0 Å². The largest absolute Gasteiger partial charge is 0.247 e. The van der Waals surface area contributed by atoms with Crippen LogP contribution in [-0.4, -0.2) is 4.98 Å². The normalized spacial score (nSPS) is 29.8. The van der Waals surface area contributed by atoms with Gasteiger partial charge in [-0.15, -0.1) is 0 Å². The van der Waals surface area contributed by atoms with E-state index in [0.29, 0.717) is 10.8 Å². The average molecular weight is 702 g/mol. The second-order valence-corrected chi connectivity index (χ2v) is 19.3. The van der Waals surface area contributed by atoms with Gasteiger partial charge in [0.15, 0.2) is 0 Å². The zero-order valence-corrected chi connectivity index (χ0v) is 33.3. The van der Waals surface area contributed by atoms with Gasteiger partial charge in [0.2, 0.25) is 0 Å². The van der Waals surface area contributed by atoms with E-state index in [4.69, 9.17) is 4.98 Å². The van der Waals surface area contributed by atoms with Gasteiger partial charge in [0.05, 0.1) is 11.2 Å². The summed E-state index contributed by atoms with van der Waals surface area (Å²) in [6.45, 7) is 12.9. The SMILES string of the molecule is CC(C)CCC[C@@H](C)[C@H]1CC[C@H]2[C@@H]3CCC4Cc5c(c(-c6ccc(CCc7ccccc7)cc6)nc6ccc7ccccc7c56)C[C@]4(C)[C@H]3CC[C@]12C. The van der Waals surface area contributed by atoms with Gasteiger partial charge >= 0.3 is 0 Å². The van der Waals surface area contributed by atoms with Gasteiger partial charge in [-0.3, -0.25) is 0 Å². The number of rotatable bonds is 9. The Morgan fingerprint density at radius 2 is 1.42 bits per heavy atom. The summed E-state index contributed by atoms with van der Waals surface area (Å²) < 4.78 is 0. The monoisotopic (exact) mass is 701 g/mol. The quantitative estimate of drug-likeness (QED) is 0.139. The molecule has 0 bridgehead atoms. The second kappa shape index (κ2) is 14.0. The standard InChI is InChI=1S/C52H63N/c1-34(2)12-11-13-35(3)45-27-28-46-42-26-25-40-32-43-44(33-52(40,5)47(42)30-31-51(45,46)4)50(53-48-29-24-38-16-9-10-17-41(38)49(43)48)39-22-20-37(21-23-39)19-18-36-14-7-6-8-15-36/h6-10,14-17,20-24,29,34-35,40,42,45-47H,11-13,18-19,25-28,30-33H2,1-5H3/t35-,40?,42+,45-,46+,47+,51-,52+/m1/s1. The molecule has 0 spiro atoms. The van der Waals surface area contributed by atoms with Crippen LogP contribution in [0.2, 0.25) is 0 Å². The predicted octanol–water partition coefficient (Wildman–Crippen LogP) is 13.9. The summed E-state index contributed by atoms with van der Waals surface area (Å²) in [5.74, 6) is 6.02. The van der Waals surface area contributed by atoms with Crippen molar-refractivity contribution in [1.82, 2.24) is 4.98 Å². The summed E-state index contributed by atoms with van der Waals surface area (Å²) in [7, 11) is 0. The van der Waals surface area contributed by atoms with Crippen LogP contribution in [-0.2, 0) is 25.7 Å². The molecule has 3 saturated carbocycles. The van der Waals surface area contributed by atoms with Crippen molar-refractivity contribution in [2.75, 3.05) is 0 Å². The smallest absolute Gasteiger partial charge is 0.0744 e. The highest BCUT2D eigenvalue weighted by atomic mass is 14.7. The number of hydrogen-bond acceptors (Lipinski definition) is 1. The molecule has 1 heteroatoms. The zero-order chi connectivity index (χ0) is 36.3. The van der Waals surface area contributed by atoms with Crippen LogP contribution in [0.1, 0.15) is 115 Å². The molecule has 0 amide bonds. The molecule has 4 aliphatic carbocycles. The van der Waals surface area contributed by atoms with Crippen LogP contribution in [0.4, 0.5) is 0 Å². The molecule has 1 heterocycles. The Hall–Kier alpha value is -3.45. The van der Waals surface area contributed by atoms with E-state index in [2.05, 4.69) is 126 Å². The Morgan fingerprint density at radius 3 is 2.21 bits per heavy atom. The van der Waals surface area contributed by atoms with Crippen LogP contribution < -0.4 is 0 Å². The van der Waals surface area contributed by atoms with E-state index in [1.54, 1.807) is 11.1 Å². The van der Waals surface area contributed by atoms with Crippen molar-refractivity contribution in [2.24, 2.45) is 52.3 Å². The highest BCUT2D eigenvalue weighted by Gasteiger charge is 2.60. The van der Waals surface area contributed by atoms with Gasteiger partial charge < -0.3 is 0 Å². The molecule has 5 aromatic rings. The number of aromatic nitrogens is 1. The molecule has 1 nitrogen and oxygen atoms in total. The van der Waals surface area contributed by atoms with Crippen molar-refractivity contribution in [3.05, 3.63) is 113 Å². The van der Waals surface area contributed by atoms with Crippen LogP contribution in [0, 0.1) is 52.3 Å². The van der Waals surface area contributed by atoms with Gasteiger partial charge in [0.1, 0.15) is 0 Å². The first-order chi connectivity index (χ1) is 25.7. The number of hydrogen-bond donors (Lipinski definition) is 0. The summed E-state index contributed by atoms with van der Waals surface area (Å²) in [5.41, 5.74) is 10.6. The Labute approximate surface area is 320 Å². The Bertz CT molecular complexity index is 2070. The number of pyridine rings is 1. The molecular weight excluding hydrogens is 639 g/mol. The van der Waals surface area contributed by atoms with Gasteiger partial charge in [-0.2, -0.15) is 0 Å². The average Bonchev–Trinajstić information content (AvgIpc) is 3.53. The minimum absolute atomic E-state index is 0.336. The molecule has 1 unspecified atom stereocenters. The topological polar surface area (TPSA) is 12.9 Å². The minimum atomic E-state index is 0.336. The maximum Gasteiger partial charge on any atom is 0.0744 e. The number of nitrogens with zero attached hydrogens (tertiary/aromatic N) is 1. The third-order valence-corrected chi connectivity index (χ3v) is 16.1. The molecule has 53 heavy (non-hydrogen) atoms. The summed E-state index contributed by atoms with van der Waals surface area (Å²) in [5, 5.41) is 4.17. The van der Waals surface area contributed by atoms with Crippen molar-refractivity contribution in [3.63, 3.8) is 0 Å². The fourth-order valence-electron chi connectivity index (χ4n) is 13.4. The first-order valence-corrected chi connectivity index (χ1v) is 21.7. The van der Waals surface area contributed by atoms with Crippen molar-refractivity contribution >= 4 is 21.7 Å². The summed E-state index contributed by atoms with van der Waals surface area (Å²) in [4.78, 5) is 5.63. The lowest BCUT2D eigenvalue weighted by atomic mass is 9.44. The van der Waals surface area contributed by atoms with Gasteiger partial charge in [-0.25, -0.2) is 4.98 Å². The predicted molar refractivity (Wildman–Crippen MR) is 225 cm³/mol. The maximum absolute atomic E-state index is 5.63. The van der Waals surface area contributed by atoms with Crippen molar-refractivity contribution in [1.29, 1.82) is 0 Å². The molecule has 1 aromatic heterocycles. The molecule has 0 radical (unpaired) electrons. The van der Waals surface area contributed by atoms with Crippen LogP contribution in [0.3, 0.4) is 0 Å². The molecule has 8 atom stereocenters. The van der Waals surface area contributed by atoms with Crippen molar-refractivity contribution in [3.8, 4) is 11.3 Å². The van der Waals surface area contributed by atoms with E-state index in [9.17, 15) is 0 Å². The van der Waals surface area contributed by atoms with E-state index >= 15 is 0 Å². The lowest BCUT2D eigenvalue weighted by Crippen LogP contribution is -2.54. The van der Waals surface area contributed by atoms with Crippen molar-refractivity contribution in [2.45, 2.75) is 118 Å². The summed E-state index contributed by atoms with van der Waals surface area (Å²) in [6.07, 6.45) is 17.5. The fraction of sp³-hybridized carbons (Fsp3) is 0.519. The highest BCUT2D eigenvalue weighted by molar-refractivity contribution is 6.09. The van der Waals surface area contributed by atoms with Gasteiger partial charge in [-0.05, 0) is 156 Å². The first-order valence-electron chi connectivity index (χ1n) is 21.7. The summed E-state index contributed by atoms with van der Waals surface area (Å²) in [6, 6.07) is 34.1. The molecule has 0 aliphatic heterocycles. The van der Waals surface area contributed by atoms with E-state index in [0.717, 1.165) is 54.3 Å². The molecule has 4 aliphatic rings. The summed E-state index contributed by atoms with van der Waals surface area (Å²) >= 11 is 0. The third kappa shape index (κ3) is 6.17. The fourth-order valence-corrected chi connectivity index (χ4v) is 13.4. The molecule has 4 aromatic carbocycles. The van der Waals surface area contributed by atoms with E-state index in [1.807, 2.05) is 0 Å². The van der Waals surface area contributed by atoms with Crippen LogP contribution in [0.15, 0.2) is 91.0 Å². The lowest BCUT2D eigenvalue weighted by Gasteiger charge is -2.61. The molecule has 0 saturated heterocycles. The zero-order valence-electron chi connectivity index (χ0n) is 33.3. The second-order valence-electron chi connectivity index (χ2n) is 19.3. The molecule has 0 N–H and O–H groups in total. The third-order valence-electron chi connectivity index (χ3n) is 16.1. The molecule has 276 valence electrons. The lowest BCUT2D eigenvalue weighted by molar-refractivity contribution is -0.103. The number of fused-ring (bicyclic) bond motifs is 10. The Kier molecular flexibility index (Phi) is 9.31. The maximum atomic E-state index is 5.63. The first kappa shape index (κ1) is 35.3.